The van der Waals surface area contributed by atoms with Gasteiger partial charge >= 0.3 is 36.4 Å². The second-order valence-corrected chi connectivity index (χ2v) is 11.0. The Labute approximate surface area is 253 Å². The Balaban J connectivity index is 0.000000396. The fraction of sp³-hybridized carbons (Fsp3) is 0.560. The fourth-order valence-electron chi connectivity index (χ4n) is 3.95. The summed E-state index contributed by atoms with van der Waals surface area (Å²) in [5, 5.41) is 26.3. The number of nitrogens with zero attached hydrogens (tertiary/aromatic N) is 3. The number of carboxylic acid groups (broad SMARTS) is 3. The molecule has 0 radical (unpaired) electrons. The number of rotatable bonds is 3. The summed E-state index contributed by atoms with van der Waals surface area (Å²) in [7, 11) is 0. The Morgan fingerprint density at radius 2 is 1.40 bits per heavy atom. The maximum absolute atomic E-state index is 10.6. The van der Waals surface area contributed by atoms with E-state index >= 15 is 0 Å². The fourth-order valence-corrected chi connectivity index (χ4v) is 5.11. The van der Waals surface area contributed by atoms with Crippen molar-refractivity contribution >= 4 is 29.2 Å². The van der Waals surface area contributed by atoms with E-state index in [1.165, 1.54) is 34.0 Å². The minimum absolute atomic E-state index is 0.253. The van der Waals surface area contributed by atoms with Gasteiger partial charge in [-0.3, -0.25) is 9.88 Å². The van der Waals surface area contributed by atoms with Crippen molar-refractivity contribution in [2.24, 2.45) is 0 Å². The average Bonchev–Trinajstić information content (AvgIpc) is 3.37. The molecule has 0 aliphatic carbocycles. The maximum atomic E-state index is 10.6. The summed E-state index contributed by atoms with van der Waals surface area (Å²) >= 11 is 1.92. The zero-order chi connectivity index (χ0) is 34.8. The van der Waals surface area contributed by atoms with Crippen LogP contribution in [0.3, 0.4) is 0 Å². The van der Waals surface area contributed by atoms with Gasteiger partial charge in [-0.25, -0.2) is 19.4 Å². The molecule has 0 atom stereocenters. The molecule has 20 heteroatoms. The van der Waals surface area contributed by atoms with Crippen LogP contribution in [-0.2, 0) is 32.9 Å². The summed E-state index contributed by atoms with van der Waals surface area (Å²) in [6.45, 7) is 9.89. The van der Waals surface area contributed by atoms with Gasteiger partial charge in [0.05, 0.1) is 10.7 Å². The van der Waals surface area contributed by atoms with Gasteiger partial charge in [0, 0.05) is 48.2 Å². The van der Waals surface area contributed by atoms with E-state index < -0.39 is 36.4 Å². The lowest BCUT2D eigenvalue weighted by atomic mass is 9.73. The van der Waals surface area contributed by atoms with Crippen molar-refractivity contribution in [2.45, 2.75) is 69.6 Å². The van der Waals surface area contributed by atoms with Gasteiger partial charge in [0.25, 0.3) is 0 Å². The molecular formula is C25H29F9N4O6S. The number of carbonyl (C=O) groups is 3. The highest BCUT2D eigenvalue weighted by Crippen LogP contribution is 2.42. The molecule has 254 valence electrons. The summed E-state index contributed by atoms with van der Waals surface area (Å²) in [5.41, 5.74) is 2.98. The molecule has 0 unspecified atom stereocenters. The lowest BCUT2D eigenvalue weighted by Crippen LogP contribution is -2.50. The summed E-state index contributed by atoms with van der Waals surface area (Å²) in [6, 6.07) is 4.20. The van der Waals surface area contributed by atoms with E-state index in [0.717, 1.165) is 32.7 Å². The van der Waals surface area contributed by atoms with Crippen LogP contribution in [0.5, 0.6) is 0 Å². The van der Waals surface area contributed by atoms with Crippen molar-refractivity contribution in [1.29, 1.82) is 0 Å². The normalized spacial score (nSPS) is 16.2. The van der Waals surface area contributed by atoms with E-state index in [4.69, 9.17) is 34.7 Å². The minimum atomic E-state index is -5.08. The number of fused-ring (bicyclic) bond motifs is 2. The molecule has 0 amide bonds. The maximum Gasteiger partial charge on any atom is 0.490 e. The summed E-state index contributed by atoms with van der Waals surface area (Å²) in [4.78, 5) is 40.1. The second kappa shape index (κ2) is 16.2. The molecule has 0 saturated carbocycles. The van der Waals surface area contributed by atoms with Crippen molar-refractivity contribution in [3.63, 3.8) is 0 Å². The molecule has 1 fully saturated rings. The molecule has 2 aliphatic rings. The highest BCUT2D eigenvalue weighted by molar-refractivity contribution is 7.11. The SMILES string of the molecule is CC(C)c1nc2c(s1)CNCC21CCN(Cc2cccnc2)CC1.O=C(O)C(F)(F)F.O=C(O)C(F)(F)F.O=C(O)C(F)(F)F. The molecule has 2 aromatic rings. The molecule has 2 aliphatic heterocycles. The Morgan fingerprint density at radius 3 is 1.78 bits per heavy atom. The number of halogens is 9. The quantitative estimate of drug-likeness (QED) is 0.318. The predicted octanol–water partition coefficient (Wildman–Crippen LogP) is 5.20. The molecule has 4 rings (SSSR count). The van der Waals surface area contributed by atoms with Gasteiger partial charge in [-0.05, 0) is 37.6 Å². The van der Waals surface area contributed by atoms with Crippen LogP contribution >= 0.6 is 11.3 Å². The first-order valence-corrected chi connectivity index (χ1v) is 13.5. The van der Waals surface area contributed by atoms with Gasteiger partial charge < -0.3 is 20.6 Å². The summed E-state index contributed by atoms with van der Waals surface area (Å²) in [6.07, 6.45) is -9.01. The van der Waals surface area contributed by atoms with Crippen molar-refractivity contribution in [3.05, 3.63) is 45.7 Å². The lowest BCUT2D eigenvalue weighted by molar-refractivity contribution is -0.193. The Hall–Kier alpha value is -3.52. The number of hydrogen-bond acceptors (Lipinski definition) is 8. The monoisotopic (exact) mass is 684 g/mol. The number of thiazole rings is 1. The van der Waals surface area contributed by atoms with Crippen LogP contribution in [0.1, 0.15) is 53.7 Å². The van der Waals surface area contributed by atoms with Gasteiger partial charge in [-0.2, -0.15) is 39.5 Å². The van der Waals surface area contributed by atoms with E-state index in [0.29, 0.717) is 5.92 Å². The number of carboxylic acids is 3. The highest BCUT2D eigenvalue weighted by atomic mass is 32.1. The van der Waals surface area contributed by atoms with Gasteiger partial charge in [-0.15, -0.1) is 11.3 Å². The van der Waals surface area contributed by atoms with Crippen molar-refractivity contribution in [1.82, 2.24) is 20.2 Å². The Morgan fingerprint density at radius 1 is 0.933 bits per heavy atom. The van der Waals surface area contributed by atoms with Crippen molar-refractivity contribution in [3.8, 4) is 0 Å². The number of likely N-dealkylation sites (tertiary alicyclic amines) is 1. The smallest absolute Gasteiger partial charge is 0.475 e. The van der Waals surface area contributed by atoms with Crippen molar-refractivity contribution in [2.75, 3.05) is 19.6 Å². The minimum Gasteiger partial charge on any atom is -0.475 e. The zero-order valence-corrected chi connectivity index (χ0v) is 24.4. The van der Waals surface area contributed by atoms with Gasteiger partial charge in [0.1, 0.15) is 0 Å². The Bertz CT molecular complexity index is 1200. The van der Waals surface area contributed by atoms with Gasteiger partial charge in [0.15, 0.2) is 0 Å². The van der Waals surface area contributed by atoms with Crippen LogP contribution in [0.15, 0.2) is 24.5 Å². The molecule has 1 saturated heterocycles. The largest absolute Gasteiger partial charge is 0.490 e. The van der Waals surface area contributed by atoms with E-state index in [-0.39, 0.29) is 5.41 Å². The molecule has 4 N–H and O–H groups in total. The third-order valence-corrected chi connectivity index (χ3v) is 7.48. The number of alkyl halides is 9. The Kier molecular flexibility index (Phi) is 14.2. The van der Waals surface area contributed by atoms with Gasteiger partial charge in [-0.1, -0.05) is 19.9 Å². The number of aliphatic carboxylic acids is 3. The standard InChI is InChI=1S/C19H26N4S.3C2HF3O2/c1-14(2)18-22-17-16(24-18)11-21-13-19(17)5-8-23(9-6-19)12-15-4-3-7-20-10-15;3*3-2(4,5)1(6)7/h3-4,7,10,14,21H,5-6,8-9,11-13H2,1-2H3;3*(H,6,7). The van der Waals surface area contributed by atoms with E-state index in [9.17, 15) is 39.5 Å². The third-order valence-electron chi connectivity index (χ3n) is 6.13. The van der Waals surface area contributed by atoms with Gasteiger partial charge in [0.2, 0.25) is 0 Å². The van der Waals surface area contributed by atoms with Crippen molar-refractivity contribution < 1.29 is 69.2 Å². The number of nitrogens with one attached hydrogen (secondary N) is 1. The number of aromatic nitrogens is 2. The zero-order valence-electron chi connectivity index (χ0n) is 23.6. The lowest BCUT2D eigenvalue weighted by Gasteiger charge is -2.43. The first-order chi connectivity index (χ1) is 20.5. The average molecular weight is 685 g/mol. The van der Waals surface area contributed by atoms with E-state index in [2.05, 4.69) is 35.1 Å². The molecule has 0 aromatic carbocycles. The van der Waals surface area contributed by atoms with Crippen LogP contribution in [0, 0.1) is 0 Å². The molecule has 0 bridgehead atoms. The first kappa shape index (κ1) is 39.5. The number of piperidine rings is 1. The van der Waals surface area contributed by atoms with E-state index in [1.54, 1.807) is 0 Å². The van der Waals surface area contributed by atoms with Crippen LogP contribution < -0.4 is 5.32 Å². The second-order valence-electron chi connectivity index (χ2n) is 9.91. The molecule has 10 nitrogen and oxygen atoms in total. The van der Waals surface area contributed by atoms with Crippen LogP contribution in [0.4, 0.5) is 39.5 Å². The molecule has 4 heterocycles. The predicted molar refractivity (Wildman–Crippen MR) is 139 cm³/mol. The summed E-state index contributed by atoms with van der Waals surface area (Å²) in [5.74, 6) is -7.74. The molecule has 45 heavy (non-hydrogen) atoms. The molecule has 2 aromatic heterocycles. The number of hydrogen-bond donors (Lipinski definition) is 4. The molecule has 1 spiro atoms. The topological polar surface area (TPSA) is 153 Å². The van der Waals surface area contributed by atoms with E-state index in [1.807, 2.05) is 29.8 Å². The highest BCUT2D eigenvalue weighted by Gasteiger charge is 2.42. The number of pyridine rings is 1. The van der Waals surface area contributed by atoms with Crippen LogP contribution in [-0.4, -0.2) is 86.3 Å². The van der Waals surface area contributed by atoms with Crippen LogP contribution in [0.2, 0.25) is 0 Å². The first-order valence-electron chi connectivity index (χ1n) is 12.7. The molecular weight excluding hydrogens is 655 g/mol. The summed E-state index contributed by atoms with van der Waals surface area (Å²) < 4.78 is 95.2. The van der Waals surface area contributed by atoms with Crippen LogP contribution in [0.25, 0.3) is 0 Å². The third kappa shape index (κ3) is 13.2.